The summed E-state index contributed by atoms with van der Waals surface area (Å²) in [6.45, 7) is 1.21. The lowest BCUT2D eigenvalue weighted by Crippen LogP contribution is -2.42. The maximum absolute atomic E-state index is 12.8. The number of urea groups is 1. The van der Waals surface area contributed by atoms with Gasteiger partial charge in [0.15, 0.2) is 0 Å². The molecule has 4 amide bonds. The van der Waals surface area contributed by atoms with Gasteiger partial charge in [0.25, 0.3) is 5.91 Å². The summed E-state index contributed by atoms with van der Waals surface area (Å²) >= 11 is 0. The average molecular weight is 383 g/mol. The molecule has 1 atom stereocenters. The molecule has 1 heterocycles. The van der Waals surface area contributed by atoms with Crippen molar-refractivity contribution in [2.75, 3.05) is 26.1 Å². The Bertz CT molecular complexity index is 893. The van der Waals surface area contributed by atoms with Gasteiger partial charge in [-0.05, 0) is 12.5 Å². The molecule has 1 saturated heterocycles. The Balaban J connectivity index is 1.74. The second-order valence-corrected chi connectivity index (χ2v) is 6.46. The van der Waals surface area contributed by atoms with Gasteiger partial charge in [0.1, 0.15) is 23.6 Å². The Morgan fingerprint density at radius 2 is 1.68 bits per heavy atom. The zero-order valence-electron chi connectivity index (χ0n) is 15.8. The Hall–Kier alpha value is -3.55. The van der Waals surface area contributed by atoms with Crippen LogP contribution in [0.3, 0.4) is 0 Å². The molecule has 2 aromatic rings. The predicted octanol–water partition coefficient (Wildman–Crippen LogP) is 2.11. The van der Waals surface area contributed by atoms with Gasteiger partial charge >= 0.3 is 6.03 Å². The average Bonchev–Trinajstić information content (AvgIpc) is 2.92. The molecule has 0 spiro atoms. The number of methoxy groups -OCH3 is 2. The zero-order chi connectivity index (χ0) is 20.3. The Labute approximate surface area is 162 Å². The van der Waals surface area contributed by atoms with Gasteiger partial charge in [-0.1, -0.05) is 30.3 Å². The molecule has 0 radical (unpaired) electrons. The van der Waals surface area contributed by atoms with Crippen molar-refractivity contribution in [2.45, 2.75) is 12.5 Å². The molecule has 1 aliphatic heterocycles. The quantitative estimate of drug-likeness (QED) is 0.745. The number of benzene rings is 2. The molecular weight excluding hydrogens is 362 g/mol. The third-order valence-corrected chi connectivity index (χ3v) is 4.56. The Kier molecular flexibility index (Phi) is 5.21. The van der Waals surface area contributed by atoms with Crippen LogP contribution in [0.4, 0.5) is 10.5 Å². The van der Waals surface area contributed by atoms with Gasteiger partial charge in [0.2, 0.25) is 5.91 Å². The van der Waals surface area contributed by atoms with Crippen LogP contribution in [0.25, 0.3) is 0 Å². The van der Waals surface area contributed by atoms with Gasteiger partial charge in [0, 0.05) is 23.9 Å². The van der Waals surface area contributed by atoms with E-state index < -0.39 is 29.9 Å². The van der Waals surface area contributed by atoms with Crippen LogP contribution in [-0.2, 0) is 15.1 Å². The van der Waals surface area contributed by atoms with E-state index in [0.717, 1.165) is 4.90 Å². The summed E-state index contributed by atoms with van der Waals surface area (Å²) in [6, 6.07) is 13.2. The molecule has 28 heavy (non-hydrogen) atoms. The second-order valence-electron chi connectivity index (χ2n) is 6.46. The van der Waals surface area contributed by atoms with Gasteiger partial charge in [-0.25, -0.2) is 4.79 Å². The normalized spacial score (nSPS) is 18.6. The van der Waals surface area contributed by atoms with Crippen molar-refractivity contribution in [3.05, 3.63) is 54.1 Å². The van der Waals surface area contributed by atoms with E-state index in [1.165, 1.54) is 14.2 Å². The summed E-state index contributed by atoms with van der Waals surface area (Å²) in [7, 11) is 3.00. The number of hydrogen-bond acceptors (Lipinski definition) is 5. The highest BCUT2D eigenvalue weighted by Gasteiger charge is 2.49. The molecule has 0 saturated carbocycles. The predicted molar refractivity (Wildman–Crippen MR) is 102 cm³/mol. The first kappa shape index (κ1) is 19.2. The van der Waals surface area contributed by atoms with E-state index in [4.69, 9.17) is 9.47 Å². The maximum atomic E-state index is 12.8. The van der Waals surface area contributed by atoms with Gasteiger partial charge in [-0.3, -0.25) is 14.5 Å². The lowest BCUT2D eigenvalue weighted by Gasteiger charge is -2.22. The van der Waals surface area contributed by atoms with Crippen LogP contribution in [0.5, 0.6) is 11.5 Å². The summed E-state index contributed by atoms with van der Waals surface area (Å²) in [5.41, 5.74) is -0.134. The first-order valence-electron chi connectivity index (χ1n) is 8.60. The first-order valence-corrected chi connectivity index (χ1v) is 8.60. The van der Waals surface area contributed by atoms with E-state index in [1.807, 2.05) is 6.07 Å². The van der Waals surface area contributed by atoms with Crippen molar-refractivity contribution in [1.29, 1.82) is 0 Å². The molecule has 0 bridgehead atoms. The lowest BCUT2D eigenvalue weighted by atomic mass is 9.92. The smallest absolute Gasteiger partial charge is 0.325 e. The highest BCUT2D eigenvalue weighted by molar-refractivity contribution is 6.10. The number of carbonyl (C=O) groups excluding carboxylic acids is 3. The fourth-order valence-electron chi connectivity index (χ4n) is 3.03. The SMILES string of the molecule is COc1cc(NC(=O)CN2C(=O)N[C@](C)(c3ccccc3)C2=O)cc(OC)c1. The van der Waals surface area contributed by atoms with Crippen molar-refractivity contribution in [3.63, 3.8) is 0 Å². The van der Waals surface area contributed by atoms with E-state index >= 15 is 0 Å². The van der Waals surface area contributed by atoms with Crippen molar-refractivity contribution < 1.29 is 23.9 Å². The number of nitrogens with zero attached hydrogens (tertiary/aromatic N) is 1. The van der Waals surface area contributed by atoms with E-state index in [9.17, 15) is 14.4 Å². The van der Waals surface area contributed by atoms with Crippen LogP contribution in [0, 0.1) is 0 Å². The van der Waals surface area contributed by atoms with E-state index in [2.05, 4.69) is 10.6 Å². The first-order chi connectivity index (χ1) is 13.4. The molecule has 8 nitrogen and oxygen atoms in total. The highest BCUT2D eigenvalue weighted by atomic mass is 16.5. The molecule has 2 aromatic carbocycles. The molecule has 0 unspecified atom stereocenters. The summed E-state index contributed by atoms with van der Waals surface area (Å²) in [4.78, 5) is 38.5. The van der Waals surface area contributed by atoms with E-state index in [-0.39, 0.29) is 0 Å². The minimum absolute atomic E-state index is 0.410. The van der Waals surface area contributed by atoms with Crippen LogP contribution in [0.15, 0.2) is 48.5 Å². The summed E-state index contributed by atoms with van der Waals surface area (Å²) in [5, 5.41) is 5.32. The minimum Gasteiger partial charge on any atom is -0.497 e. The fourth-order valence-corrected chi connectivity index (χ4v) is 3.03. The number of hydrogen-bond donors (Lipinski definition) is 2. The third-order valence-electron chi connectivity index (χ3n) is 4.56. The van der Waals surface area contributed by atoms with Crippen molar-refractivity contribution in [2.24, 2.45) is 0 Å². The van der Waals surface area contributed by atoms with Gasteiger partial charge in [0.05, 0.1) is 14.2 Å². The summed E-state index contributed by atoms with van der Waals surface area (Å²) in [5.74, 6) is 0.000722. The summed E-state index contributed by atoms with van der Waals surface area (Å²) < 4.78 is 10.3. The number of carbonyl (C=O) groups is 3. The Morgan fingerprint density at radius 3 is 2.25 bits per heavy atom. The van der Waals surface area contributed by atoms with Crippen LogP contribution in [0.1, 0.15) is 12.5 Å². The molecule has 2 N–H and O–H groups in total. The van der Waals surface area contributed by atoms with E-state index in [0.29, 0.717) is 22.7 Å². The maximum Gasteiger partial charge on any atom is 0.325 e. The van der Waals surface area contributed by atoms with Gasteiger partial charge < -0.3 is 20.1 Å². The van der Waals surface area contributed by atoms with Gasteiger partial charge in [-0.2, -0.15) is 0 Å². The summed E-state index contributed by atoms with van der Waals surface area (Å²) in [6.07, 6.45) is 0. The fraction of sp³-hybridized carbons (Fsp3) is 0.250. The number of imide groups is 1. The monoisotopic (exact) mass is 383 g/mol. The van der Waals surface area contributed by atoms with Crippen LogP contribution in [0.2, 0.25) is 0 Å². The van der Waals surface area contributed by atoms with Crippen molar-refractivity contribution in [3.8, 4) is 11.5 Å². The van der Waals surface area contributed by atoms with E-state index in [1.54, 1.807) is 49.4 Å². The molecule has 0 aromatic heterocycles. The number of nitrogens with one attached hydrogen (secondary N) is 2. The second kappa shape index (κ2) is 7.59. The molecule has 3 rings (SSSR count). The lowest BCUT2D eigenvalue weighted by molar-refractivity contribution is -0.133. The molecule has 146 valence electrons. The van der Waals surface area contributed by atoms with Crippen molar-refractivity contribution >= 4 is 23.5 Å². The molecule has 0 aliphatic carbocycles. The molecule has 1 aliphatic rings. The molecule has 1 fully saturated rings. The minimum atomic E-state index is -1.21. The van der Waals surface area contributed by atoms with Crippen molar-refractivity contribution in [1.82, 2.24) is 10.2 Å². The van der Waals surface area contributed by atoms with Crippen LogP contribution in [-0.4, -0.2) is 43.5 Å². The number of anilines is 1. The number of amides is 4. The number of rotatable bonds is 6. The van der Waals surface area contributed by atoms with Crippen LogP contribution >= 0.6 is 0 Å². The highest BCUT2D eigenvalue weighted by Crippen LogP contribution is 2.29. The molecular formula is C20H21N3O5. The van der Waals surface area contributed by atoms with Gasteiger partial charge in [-0.15, -0.1) is 0 Å². The third kappa shape index (κ3) is 3.62. The standard InChI is InChI=1S/C20H21N3O5/c1-20(13-7-5-4-6-8-13)18(25)23(19(26)22-20)12-17(24)21-14-9-15(27-2)11-16(10-14)28-3/h4-11H,12H2,1-3H3,(H,21,24)(H,22,26)/t20-/m1/s1. The van der Waals surface area contributed by atoms with Crippen LogP contribution < -0.4 is 20.1 Å². The zero-order valence-corrected chi connectivity index (χ0v) is 15.8. The number of ether oxygens (including phenoxy) is 2. The largest absolute Gasteiger partial charge is 0.497 e. The molecule has 8 heteroatoms. The Morgan fingerprint density at radius 1 is 1.07 bits per heavy atom. The topological polar surface area (TPSA) is 97.0 Å².